The fourth-order valence-corrected chi connectivity index (χ4v) is 4.00. The van der Waals surface area contributed by atoms with Crippen molar-refractivity contribution in [1.82, 2.24) is 10.6 Å². The van der Waals surface area contributed by atoms with Crippen LogP contribution in [0, 0.1) is 0 Å². The van der Waals surface area contributed by atoms with E-state index in [4.69, 9.17) is 14.6 Å². The third-order valence-electron chi connectivity index (χ3n) is 5.65. The van der Waals surface area contributed by atoms with Crippen LogP contribution in [0.3, 0.4) is 0 Å². The molecule has 8 heteroatoms. The van der Waals surface area contributed by atoms with E-state index in [0.717, 1.165) is 22.3 Å². The van der Waals surface area contributed by atoms with E-state index in [-0.39, 0.29) is 37.9 Å². The maximum absolute atomic E-state index is 12.2. The first-order valence-corrected chi connectivity index (χ1v) is 11.3. The Hall–Kier alpha value is -3.65. The number of amides is 2. The van der Waals surface area contributed by atoms with Crippen molar-refractivity contribution in [2.45, 2.75) is 32.3 Å². The molecule has 0 heterocycles. The highest BCUT2D eigenvalue weighted by molar-refractivity contribution is 5.92. The first kappa shape index (κ1) is 25.0. The van der Waals surface area contributed by atoms with E-state index in [1.165, 1.54) is 0 Å². The molecule has 3 N–H and O–H groups in total. The number of hydrogen-bond donors (Lipinski definition) is 3. The van der Waals surface area contributed by atoms with E-state index in [2.05, 4.69) is 34.9 Å². The lowest BCUT2D eigenvalue weighted by Crippen LogP contribution is -2.35. The minimum absolute atomic E-state index is 0.0229. The smallest absolute Gasteiger partial charge is 0.407 e. The van der Waals surface area contributed by atoms with Crippen LogP contribution in [0.2, 0.25) is 0 Å². The van der Waals surface area contributed by atoms with E-state index >= 15 is 0 Å². The average Bonchev–Trinajstić information content (AvgIpc) is 3.14. The Morgan fingerprint density at radius 3 is 2.24 bits per heavy atom. The molecule has 2 aromatic carbocycles. The zero-order valence-electron chi connectivity index (χ0n) is 19.4. The number of fused-ring (bicyclic) bond motifs is 3. The van der Waals surface area contributed by atoms with Crippen molar-refractivity contribution in [3.05, 3.63) is 71.3 Å². The summed E-state index contributed by atoms with van der Waals surface area (Å²) in [4.78, 5) is 35.3. The molecule has 34 heavy (non-hydrogen) atoms. The molecule has 0 radical (unpaired) electrons. The van der Waals surface area contributed by atoms with Gasteiger partial charge in [-0.25, -0.2) is 4.79 Å². The monoisotopic (exact) mass is 466 g/mol. The van der Waals surface area contributed by atoms with Gasteiger partial charge in [-0.15, -0.1) is 0 Å². The van der Waals surface area contributed by atoms with Gasteiger partial charge in [-0.05, 0) is 36.1 Å². The standard InChI is InChI=1S/C26H30N2O6/c1-3-33-18(14-24(29)30)15-28-25(31)17(2)12-13-27-26(32)34-16-23-21-10-6-4-8-19(21)20-9-5-7-11-22(20)23/h4-12,18,23H,3,13-16H2,1-2H3,(H,27,32)(H,28,31)(H,29,30)/b17-12+. The molecule has 3 rings (SSSR count). The van der Waals surface area contributed by atoms with Crippen LogP contribution in [0.1, 0.15) is 37.3 Å². The summed E-state index contributed by atoms with van der Waals surface area (Å²) in [6.45, 7) is 4.15. The summed E-state index contributed by atoms with van der Waals surface area (Å²) in [5.74, 6) is -1.37. The van der Waals surface area contributed by atoms with Gasteiger partial charge >= 0.3 is 12.1 Å². The van der Waals surface area contributed by atoms with Crippen LogP contribution >= 0.6 is 0 Å². The van der Waals surface area contributed by atoms with Gasteiger partial charge in [-0.3, -0.25) is 9.59 Å². The fourth-order valence-electron chi connectivity index (χ4n) is 4.00. The second-order valence-electron chi connectivity index (χ2n) is 7.98. The number of hydrogen-bond acceptors (Lipinski definition) is 5. The molecule has 180 valence electrons. The summed E-state index contributed by atoms with van der Waals surface area (Å²) < 4.78 is 10.8. The van der Waals surface area contributed by atoms with Gasteiger partial charge in [0.25, 0.3) is 0 Å². The Balaban J connectivity index is 1.46. The highest BCUT2D eigenvalue weighted by atomic mass is 16.5. The summed E-state index contributed by atoms with van der Waals surface area (Å²) in [5, 5.41) is 14.2. The molecule has 0 saturated carbocycles. The lowest BCUT2D eigenvalue weighted by molar-refractivity contribution is -0.140. The molecule has 1 aliphatic carbocycles. The van der Waals surface area contributed by atoms with Crippen LogP contribution in [-0.2, 0) is 19.1 Å². The van der Waals surface area contributed by atoms with Crippen molar-refractivity contribution in [3.63, 3.8) is 0 Å². The van der Waals surface area contributed by atoms with Gasteiger partial charge in [-0.2, -0.15) is 0 Å². The van der Waals surface area contributed by atoms with Crippen LogP contribution in [0.15, 0.2) is 60.2 Å². The second kappa shape index (κ2) is 12.0. The number of carboxylic acids is 1. The number of alkyl carbamates (subject to hydrolysis) is 1. The van der Waals surface area contributed by atoms with E-state index in [0.29, 0.717) is 12.2 Å². The number of ether oxygens (including phenoxy) is 2. The highest BCUT2D eigenvalue weighted by Gasteiger charge is 2.28. The summed E-state index contributed by atoms with van der Waals surface area (Å²) in [6, 6.07) is 16.2. The molecule has 0 fully saturated rings. The third kappa shape index (κ3) is 6.45. The van der Waals surface area contributed by atoms with Crippen molar-refractivity contribution < 1.29 is 29.0 Å². The van der Waals surface area contributed by atoms with Gasteiger partial charge < -0.3 is 25.2 Å². The lowest BCUT2D eigenvalue weighted by Gasteiger charge is -2.16. The minimum atomic E-state index is -0.993. The topological polar surface area (TPSA) is 114 Å². The molecule has 2 amide bonds. The first-order chi connectivity index (χ1) is 16.4. The first-order valence-electron chi connectivity index (χ1n) is 11.3. The number of carbonyl (C=O) groups is 3. The number of carbonyl (C=O) groups excluding carboxylic acids is 2. The van der Waals surface area contributed by atoms with Gasteiger partial charge in [0.15, 0.2) is 0 Å². The SMILES string of the molecule is CCOC(CNC(=O)/C(C)=C/CNC(=O)OCC1c2ccccc2-c2ccccc21)CC(=O)O. The summed E-state index contributed by atoms with van der Waals surface area (Å²) >= 11 is 0. The Morgan fingerprint density at radius 1 is 1.03 bits per heavy atom. The van der Waals surface area contributed by atoms with Crippen molar-refractivity contribution in [1.29, 1.82) is 0 Å². The zero-order chi connectivity index (χ0) is 24.5. The third-order valence-corrected chi connectivity index (χ3v) is 5.65. The summed E-state index contributed by atoms with van der Waals surface area (Å²) in [6.07, 6.45) is 0.214. The van der Waals surface area contributed by atoms with Crippen LogP contribution in [-0.4, -0.2) is 55.5 Å². The van der Waals surface area contributed by atoms with Crippen molar-refractivity contribution in [3.8, 4) is 11.1 Å². The van der Waals surface area contributed by atoms with Crippen molar-refractivity contribution in [2.24, 2.45) is 0 Å². The number of rotatable bonds is 11. The molecular formula is C26H30N2O6. The van der Waals surface area contributed by atoms with Crippen LogP contribution in [0.4, 0.5) is 4.79 Å². The Morgan fingerprint density at radius 2 is 1.65 bits per heavy atom. The van der Waals surface area contributed by atoms with E-state index in [1.54, 1.807) is 19.9 Å². The molecule has 1 atom stereocenters. The van der Waals surface area contributed by atoms with Crippen LogP contribution < -0.4 is 10.6 Å². The van der Waals surface area contributed by atoms with Gasteiger partial charge in [-0.1, -0.05) is 54.6 Å². The highest BCUT2D eigenvalue weighted by Crippen LogP contribution is 2.44. The van der Waals surface area contributed by atoms with Gasteiger partial charge in [0.2, 0.25) is 5.91 Å². The van der Waals surface area contributed by atoms with E-state index in [1.807, 2.05) is 24.3 Å². The molecule has 1 unspecified atom stereocenters. The quantitative estimate of drug-likeness (QED) is 0.437. The predicted molar refractivity (Wildman–Crippen MR) is 128 cm³/mol. The predicted octanol–water partition coefficient (Wildman–Crippen LogP) is 3.47. The molecule has 0 spiro atoms. The molecule has 2 aromatic rings. The second-order valence-corrected chi connectivity index (χ2v) is 7.98. The normalized spacial score (nSPS) is 13.5. The summed E-state index contributed by atoms with van der Waals surface area (Å²) in [7, 11) is 0. The molecule has 0 aliphatic heterocycles. The van der Waals surface area contributed by atoms with Gasteiger partial charge in [0, 0.05) is 31.2 Å². The Kier molecular flexibility index (Phi) is 8.81. The molecule has 8 nitrogen and oxygen atoms in total. The Bertz CT molecular complexity index is 1020. The Labute approximate surface area is 199 Å². The van der Waals surface area contributed by atoms with Crippen LogP contribution in [0.25, 0.3) is 11.1 Å². The van der Waals surface area contributed by atoms with Crippen molar-refractivity contribution in [2.75, 3.05) is 26.3 Å². The van der Waals surface area contributed by atoms with Gasteiger partial charge in [0.05, 0.1) is 12.5 Å². The largest absolute Gasteiger partial charge is 0.481 e. The maximum Gasteiger partial charge on any atom is 0.407 e. The zero-order valence-corrected chi connectivity index (χ0v) is 19.4. The molecule has 1 aliphatic rings. The molecule has 0 aromatic heterocycles. The number of aliphatic carboxylic acids is 1. The average molecular weight is 467 g/mol. The van der Waals surface area contributed by atoms with E-state index in [9.17, 15) is 14.4 Å². The van der Waals surface area contributed by atoms with E-state index < -0.39 is 18.2 Å². The molecular weight excluding hydrogens is 436 g/mol. The summed E-state index contributed by atoms with van der Waals surface area (Å²) in [5.41, 5.74) is 4.98. The molecule has 0 bridgehead atoms. The number of carboxylic acid groups (broad SMARTS) is 1. The van der Waals surface area contributed by atoms with Crippen molar-refractivity contribution >= 4 is 18.0 Å². The fraction of sp³-hybridized carbons (Fsp3) is 0.346. The number of nitrogens with one attached hydrogen (secondary N) is 2. The maximum atomic E-state index is 12.2. The lowest BCUT2D eigenvalue weighted by atomic mass is 9.98. The van der Waals surface area contributed by atoms with Crippen LogP contribution in [0.5, 0.6) is 0 Å². The number of benzene rings is 2. The van der Waals surface area contributed by atoms with Gasteiger partial charge in [0.1, 0.15) is 6.61 Å². The minimum Gasteiger partial charge on any atom is -0.481 e. The molecule has 0 saturated heterocycles.